The van der Waals surface area contributed by atoms with Gasteiger partial charge >= 0.3 is 0 Å². The Morgan fingerprint density at radius 1 is 1.00 bits per heavy atom. The van der Waals surface area contributed by atoms with E-state index in [1.54, 1.807) is 19.2 Å². The molecule has 2 rings (SSSR count). The summed E-state index contributed by atoms with van der Waals surface area (Å²) in [6, 6.07) is 11.1. The van der Waals surface area contributed by atoms with Crippen LogP contribution in [0.15, 0.2) is 40.9 Å². The molecule has 0 aliphatic heterocycles. The molecule has 0 atom stereocenters. The highest BCUT2D eigenvalue weighted by Gasteiger charge is 2.15. The molecule has 0 radical (unpaired) electrons. The van der Waals surface area contributed by atoms with Gasteiger partial charge in [0.15, 0.2) is 16.6 Å². The highest BCUT2D eigenvalue weighted by atomic mass is 79.9. The fourth-order valence-electron chi connectivity index (χ4n) is 2.80. The lowest BCUT2D eigenvalue weighted by Gasteiger charge is -2.15. The molecule has 1 amide bonds. The highest BCUT2D eigenvalue weighted by Crippen LogP contribution is 2.28. The average molecular weight is 538 g/mol. The molecular formula is C25H33BrN2O4S. The number of carbonyl (C=O) groups excluding carboxylic acids is 1. The number of amides is 1. The van der Waals surface area contributed by atoms with E-state index in [4.69, 9.17) is 26.4 Å². The second kappa shape index (κ2) is 13.4. The molecule has 0 bridgehead atoms. The van der Waals surface area contributed by atoms with Gasteiger partial charge in [0, 0.05) is 11.0 Å². The van der Waals surface area contributed by atoms with Gasteiger partial charge in [0.25, 0.3) is 5.91 Å². The number of methoxy groups -OCH3 is 1. The Labute approximate surface area is 210 Å². The summed E-state index contributed by atoms with van der Waals surface area (Å²) in [6.45, 7) is 10.0. The average Bonchev–Trinajstić information content (AvgIpc) is 2.76. The zero-order valence-electron chi connectivity index (χ0n) is 19.9. The van der Waals surface area contributed by atoms with E-state index in [1.807, 2.05) is 24.3 Å². The van der Waals surface area contributed by atoms with Crippen molar-refractivity contribution in [2.75, 3.05) is 20.3 Å². The third-order valence-corrected chi connectivity index (χ3v) is 5.36. The van der Waals surface area contributed by atoms with Crippen LogP contribution in [0.4, 0.5) is 0 Å². The maximum atomic E-state index is 12.8. The van der Waals surface area contributed by atoms with Crippen molar-refractivity contribution in [3.8, 4) is 17.2 Å². The molecule has 0 spiro atoms. The Bertz CT molecular complexity index is 950. The zero-order valence-corrected chi connectivity index (χ0v) is 22.3. The fraction of sp³-hybridized carbons (Fsp3) is 0.440. The minimum atomic E-state index is -0.334. The summed E-state index contributed by atoms with van der Waals surface area (Å²) < 4.78 is 17.9. The number of hydrogen-bond acceptors (Lipinski definition) is 5. The number of carbonyl (C=O) groups is 1. The van der Waals surface area contributed by atoms with E-state index in [2.05, 4.69) is 54.3 Å². The summed E-state index contributed by atoms with van der Waals surface area (Å²) in [4.78, 5) is 12.8. The van der Waals surface area contributed by atoms with Gasteiger partial charge in [0.2, 0.25) is 0 Å². The summed E-state index contributed by atoms with van der Waals surface area (Å²) in [5.74, 6) is 2.47. The molecule has 33 heavy (non-hydrogen) atoms. The highest BCUT2D eigenvalue weighted by molar-refractivity contribution is 9.10. The molecule has 0 saturated heterocycles. The predicted molar refractivity (Wildman–Crippen MR) is 139 cm³/mol. The quantitative estimate of drug-likeness (QED) is 0.358. The van der Waals surface area contributed by atoms with Gasteiger partial charge in [-0.05, 0) is 66.4 Å². The monoisotopic (exact) mass is 536 g/mol. The minimum absolute atomic E-state index is 0.228. The van der Waals surface area contributed by atoms with E-state index in [-0.39, 0.29) is 11.0 Å². The van der Waals surface area contributed by atoms with Crippen molar-refractivity contribution in [2.45, 2.75) is 40.7 Å². The van der Waals surface area contributed by atoms with E-state index in [0.717, 1.165) is 16.5 Å². The van der Waals surface area contributed by atoms with Gasteiger partial charge in [0.1, 0.15) is 5.75 Å². The van der Waals surface area contributed by atoms with Crippen LogP contribution in [0.2, 0.25) is 0 Å². The van der Waals surface area contributed by atoms with E-state index in [9.17, 15) is 4.79 Å². The normalized spacial score (nSPS) is 10.8. The molecule has 6 nitrogen and oxygen atoms in total. The van der Waals surface area contributed by atoms with Crippen LogP contribution in [-0.4, -0.2) is 31.3 Å². The van der Waals surface area contributed by atoms with Crippen LogP contribution in [0, 0.1) is 11.8 Å². The van der Waals surface area contributed by atoms with Gasteiger partial charge in [-0.25, -0.2) is 0 Å². The van der Waals surface area contributed by atoms with Crippen molar-refractivity contribution < 1.29 is 19.0 Å². The number of hydrogen-bond donors (Lipinski definition) is 2. The van der Waals surface area contributed by atoms with Crippen LogP contribution in [0.1, 0.15) is 50.0 Å². The Morgan fingerprint density at radius 3 is 2.39 bits per heavy atom. The molecule has 0 aliphatic rings. The van der Waals surface area contributed by atoms with Crippen molar-refractivity contribution in [2.24, 2.45) is 11.8 Å². The number of nitrogens with one attached hydrogen (secondary N) is 2. The van der Waals surface area contributed by atoms with Crippen molar-refractivity contribution >= 4 is 39.2 Å². The van der Waals surface area contributed by atoms with Crippen molar-refractivity contribution in [1.82, 2.24) is 10.6 Å². The predicted octanol–water partition coefficient (Wildman–Crippen LogP) is 5.72. The second-order valence-corrected chi connectivity index (χ2v) is 9.82. The van der Waals surface area contributed by atoms with Crippen molar-refractivity contribution in [3.63, 3.8) is 0 Å². The molecule has 0 saturated carbocycles. The molecule has 0 aromatic heterocycles. The lowest BCUT2D eigenvalue weighted by molar-refractivity contribution is 0.0971. The molecule has 0 heterocycles. The number of ether oxygens (including phenoxy) is 3. The smallest absolute Gasteiger partial charge is 0.261 e. The van der Waals surface area contributed by atoms with Gasteiger partial charge in [-0.1, -0.05) is 49.7 Å². The van der Waals surface area contributed by atoms with Crippen molar-refractivity contribution in [1.29, 1.82) is 0 Å². The number of benzene rings is 2. The van der Waals surface area contributed by atoms with Crippen LogP contribution in [-0.2, 0) is 6.54 Å². The first-order valence-corrected chi connectivity index (χ1v) is 12.2. The van der Waals surface area contributed by atoms with Crippen LogP contribution >= 0.6 is 28.1 Å². The number of thiocarbonyl (C=S) groups is 1. The molecule has 2 N–H and O–H groups in total. The van der Waals surface area contributed by atoms with Gasteiger partial charge in [-0.15, -0.1) is 0 Å². The van der Waals surface area contributed by atoms with Gasteiger partial charge < -0.3 is 19.5 Å². The molecule has 2 aromatic rings. The fourth-order valence-corrected chi connectivity index (χ4v) is 3.33. The summed E-state index contributed by atoms with van der Waals surface area (Å²) >= 11 is 8.74. The third-order valence-electron chi connectivity index (χ3n) is 4.62. The summed E-state index contributed by atoms with van der Waals surface area (Å²) in [5, 5.41) is 6.02. The Kier molecular flexibility index (Phi) is 10.9. The Morgan fingerprint density at radius 2 is 1.73 bits per heavy atom. The largest absolute Gasteiger partial charge is 0.493 e. The Hall–Kier alpha value is -2.32. The van der Waals surface area contributed by atoms with E-state index in [1.165, 1.54) is 0 Å². The second-order valence-electron chi connectivity index (χ2n) is 8.50. The summed E-state index contributed by atoms with van der Waals surface area (Å²) in [5.41, 5.74) is 1.36. The lowest BCUT2D eigenvalue weighted by atomic mass is 10.1. The Balaban J connectivity index is 1.96. The topological polar surface area (TPSA) is 68.8 Å². The molecule has 0 fully saturated rings. The molecule has 2 aromatic carbocycles. The first-order chi connectivity index (χ1) is 15.7. The number of halogens is 1. The zero-order chi connectivity index (χ0) is 24.4. The van der Waals surface area contributed by atoms with Gasteiger partial charge in [-0.2, -0.15) is 0 Å². The molecule has 0 aliphatic carbocycles. The lowest BCUT2D eigenvalue weighted by Crippen LogP contribution is -2.39. The van der Waals surface area contributed by atoms with Crippen molar-refractivity contribution in [3.05, 3.63) is 52.0 Å². The van der Waals surface area contributed by atoms with E-state index < -0.39 is 0 Å². The van der Waals surface area contributed by atoms with Crippen LogP contribution in [0.5, 0.6) is 17.2 Å². The van der Waals surface area contributed by atoms with Crippen LogP contribution in [0.25, 0.3) is 0 Å². The maximum absolute atomic E-state index is 12.8. The van der Waals surface area contributed by atoms with Crippen LogP contribution in [0.3, 0.4) is 0 Å². The first-order valence-electron chi connectivity index (χ1n) is 11.0. The molecule has 180 valence electrons. The number of rotatable bonds is 11. The summed E-state index contributed by atoms with van der Waals surface area (Å²) in [7, 11) is 1.61. The standard InChI is InChI=1S/C25H33BrN2O4S/c1-16(2)10-11-31-22-8-6-18(12-23(22)30-5)14-27-25(33)28-24(29)20-13-19(26)7-9-21(20)32-15-17(3)4/h6-9,12-13,16-17H,10-11,14-15H2,1-5H3,(H2,27,28,29,33). The third kappa shape index (κ3) is 9.21. The molecule has 0 unspecified atom stereocenters. The SMILES string of the molecule is COc1cc(CNC(=S)NC(=O)c2cc(Br)ccc2OCC(C)C)ccc1OCCC(C)C. The van der Waals surface area contributed by atoms with Gasteiger partial charge in [-0.3, -0.25) is 10.1 Å². The van der Waals surface area contributed by atoms with Crippen LogP contribution < -0.4 is 24.8 Å². The van der Waals surface area contributed by atoms with E-state index >= 15 is 0 Å². The minimum Gasteiger partial charge on any atom is -0.493 e. The molecule has 8 heteroatoms. The maximum Gasteiger partial charge on any atom is 0.261 e. The van der Waals surface area contributed by atoms with E-state index in [0.29, 0.717) is 54.4 Å². The van der Waals surface area contributed by atoms with Gasteiger partial charge in [0.05, 0.1) is 25.9 Å². The summed E-state index contributed by atoms with van der Waals surface area (Å²) in [6.07, 6.45) is 0.975. The first kappa shape index (κ1) is 26.9. The molecular weight excluding hydrogens is 504 g/mol.